The van der Waals surface area contributed by atoms with Crippen LogP contribution in [0, 0.1) is 11.3 Å². The molecule has 1 atom stereocenters. The van der Waals surface area contributed by atoms with Crippen molar-refractivity contribution in [3.63, 3.8) is 0 Å². The van der Waals surface area contributed by atoms with Gasteiger partial charge in [0.1, 0.15) is 0 Å². The molecular formula is C20H20N2O4. The molecule has 0 heterocycles. The molecule has 0 aliphatic heterocycles. The maximum Gasteiger partial charge on any atom is 0.265 e. The second-order valence-electron chi connectivity index (χ2n) is 5.59. The Balaban J connectivity index is 2.07. The molecule has 2 aromatic carbocycles. The average Bonchev–Trinajstić information content (AvgIpc) is 2.63. The lowest BCUT2D eigenvalue weighted by Gasteiger charge is -2.17. The Morgan fingerprint density at radius 2 is 1.85 bits per heavy atom. The average molecular weight is 352 g/mol. The van der Waals surface area contributed by atoms with E-state index in [1.807, 2.05) is 13.0 Å². The Bertz CT molecular complexity index is 838. The molecule has 1 unspecified atom stereocenters. The fourth-order valence-corrected chi connectivity index (χ4v) is 2.22. The van der Waals surface area contributed by atoms with Gasteiger partial charge in [-0.3, -0.25) is 9.59 Å². The summed E-state index contributed by atoms with van der Waals surface area (Å²) in [6, 6.07) is 13.4. The third-order valence-electron chi connectivity index (χ3n) is 3.60. The van der Waals surface area contributed by atoms with Crippen LogP contribution >= 0.6 is 0 Å². The molecule has 26 heavy (non-hydrogen) atoms. The second kappa shape index (κ2) is 8.67. The monoisotopic (exact) mass is 352 g/mol. The third-order valence-corrected chi connectivity index (χ3v) is 3.60. The molecule has 2 aromatic rings. The first-order chi connectivity index (χ1) is 12.4. The van der Waals surface area contributed by atoms with Crippen LogP contribution in [0.1, 0.15) is 36.7 Å². The van der Waals surface area contributed by atoms with Crippen LogP contribution in [-0.4, -0.2) is 24.4 Å². The topological polar surface area (TPSA) is 88.4 Å². The molecule has 134 valence electrons. The number of ether oxygens (including phenoxy) is 2. The van der Waals surface area contributed by atoms with Crippen LogP contribution in [0.3, 0.4) is 0 Å². The SMILES string of the molecule is CCOc1cc(C#N)ccc1OC(C)C(=O)Nc1ccc(C(C)=O)cc1. The van der Waals surface area contributed by atoms with E-state index in [1.54, 1.807) is 49.4 Å². The van der Waals surface area contributed by atoms with Crippen molar-refractivity contribution in [2.75, 3.05) is 11.9 Å². The van der Waals surface area contributed by atoms with E-state index in [0.717, 1.165) is 0 Å². The number of hydrogen-bond donors (Lipinski definition) is 1. The number of carbonyl (C=O) groups is 2. The quantitative estimate of drug-likeness (QED) is 0.770. The second-order valence-corrected chi connectivity index (χ2v) is 5.59. The van der Waals surface area contributed by atoms with Crippen LogP contribution in [0.15, 0.2) is 42.5 Å². The van der Waals surface area contributed by atoms with Gasteiger partial charge in [0.2, 0.25) is 0 Å². The molecule has 0 aliphatic rings. The van der Waals surface area contributed by atoms with E-state index < -0.39 is 6.10 Å². The molecule has 0 saturated carbocycles. The van der Waals surface area contributed by atoms with Crippen molar-refractivity contribution in [1.29, 1.82) is 5.26 Å². The van der Waals surface area contributed by atoms with E-state index >= 15 is 0 Å². The Morgan fingerprint density at radius 3 is 2.42 bits per heavy atom. The molecule has 6 nitrogen and oxygen atoms in total. The van der Waals surface area contributed by atoms with Gasteiger partial charge in [-0.2, -0.15) is 5.26 Å². The van der Waals surface area contributed by atoms with E-state index in [9.17, 15) is 9.59 Å². The maximum atomic E-state index is 12.3. The van der Waals surface area contributed by atoms with E-state index in [1.165, 1.54) is 6.92 Å². The lowest BCUT2D eigenvalue weighted by molar-refractivity contribution is -0.122. The molecule has 1 N–H and O–H groups in total. The Morgan fingerprint density at radius 1 is 1.15 bits per heavy atom. The fourth-order valence-electron chi connectivity index (χ4n) is 2.22. The minimum Gasteiger partial charge on any atom is -0.490 e. The van der Waals surface area contributed by atoms with Gasteiger partial charge >= 0.3 is 0 Å². The smallest absolute Gasteiger partial charge is 0.265 e. The van der Waals surface area contributed by atoms with Crippen molar-refractivity contribution in [2.45, 2.75) is 26.9 Å². The van der Waals surface area contributed by atoms with Crippen LogP contribution in [0.25, 0.3) is 0 Å². The van der Waals surface area contributed by atoms with Gasteiger partial charge in [-0.25, -0.2) is 0 Å². The Labute approximate surface area is 152 Å². The Hall–Kier alpha value is -3.33. The summed E-state index contributed by atoms with van der Waals surface area (Å²) in [6.45, 7) is 5.34. The first-order valence-electron chi connectivity index (χ1n) is 8.20. The first-order valence-corrected chi connectivity index (χ1v) is 8.20. The number of nitrogens with one attached hydrogen (secondary N) is 1. The van der Waals surface area contributed by atoms with Gasteiger partial charge in [0, 0.05) is 17.3 Å². The molecule has 0 radical (unpaired) electrons. The minimum atomic E-state index is -0.783. The lowest BCUT2D eigenvalue weighted by Crippen LogP contribution is -2.30. The molecule has 0 spiro atoms. The molecular weight excluding hydrogens is 332 g/mol. The van der Waals surface area contributed by atoms with E-state index in [0.29, 0.717) is 34.9 Å². The highest BCUT2D eigenvalue weighted by molar-refractivity contribution is 5.96. The summed E-state index contributed by atoms with van der Waals surface area (Å²) in [5.41, 5.74) is 1.59. The zero-order valence-corrected chi connectivity index (χ0v) is 14.9. The van der Waals surface area contributed by atoms with Crippen LogP contribution in [0.2, 0.25) is 0 Å². The zero-order chi connectivity index (χ0) is 19.1. The van der Waals surface area contributed by atoms with E-state index in [2.05, 4.69) is 5.32 Å². The lowest BCUT2D eigenvalue weighted by atomic mass is 10.1. The standard InChI is InChI=1S/C20H20N2O4/c1-4-25-19-11-15(12-21)5-10-18(19)26-14(3)20(24)22-17-8-6-16(7-9-17)13(2)23/h5-11,14H,4H2,1-3H3,(H,22,24). The van der Waals surface area contributed by atoms with Gasteiger partial charge in [0.05, 0.1) is 18.2 Å². The number of nitriles is 1. The van der Waals surface area contributed by atoms with Gasteiger partial charge in [-0.05, 0) is 57.2 Å². The number of Topliss-reactive ketones (excluding diaryl/α,β-unsaturated/α-hetero) is 1. The minimum absolute atomic E-state index is 0.0381. The molecule has 0 bridgehead atoms. The summed E-state index contributed by atoms with van der Waals surface area (Å²) in [6.07, 6.45) is -0.783. The van der Waals surface area contributed by atoms with Gasteiger partial charge in [-0.15, -0.1) is 0 Å². The van der Waals surface area contributed by atoms with Crippen LogP contribution in [0.5, 0.6) is 11.5 Å². The number of amides is 1. The fraction of sp³-hybridized carbons (Fsp3) is 0.250. The third kappa shape index (κ3) is 4.84. The highest BCUT2D eigenvalue weighted by atomic mass is 16.5. The molecule has 0 fully saturated rings. The number of ketones is 1. The van der Waals surface area contributed by atoms with E-state index in [4.69, 9.17) is 14.7 Å². The summed E-state index contributed by atoms with van der Waals surface area (Å²) >= 11 is 0. The summed E-state index contributed by atoms with van der Waals surface area (Å²) in [5.74, 6) is 0.425. The van der Waals surface area contributed by atoms with E-state index in [-0.39, 0.29) is 11.7 Å². The highest BCUT2D eigenvalue weighted by Crippen LogP contribution is 2.29. The number of anilines is 1. The molecule has 0 saturated heterocycles. The van der Waals surface area contributed by atoms with Crippen molar-refractivity contribution in [3.05, 3.63) is 53.6 Å². The number of nitrogens with zero attached hydrogens (tertiary/aromatic N) is 1. The first kappa shape index (κ1) is 19.0. The molecule has 1 amide bonds. The van der Waals surface area contributed by atoms with Crippen LogP contribution < -0.4 is 14.8 Å². The summed E-state index contributed by atoms with van der Waals surface area (Å²) in [4.78, 5) is 23.6. The zero-order valence-electron chi connectivity index (χ0n) is 14.9. The largest absolute Gasteiger partial charge is 0.490 e. The predicted octanol–water partition coefficient (Wildman–Crippen LogP) is 3.57. The van der Waals surface area contributed by atoms with Crippen LogP contribution in [-0.2, 0) is 4.79 Å². The molecule has 0 aromatic heterocycles. The summed E-state index contributed by atoms with van der Waals surface area (Å²) in [5, 5.41) is 11.7. The van der Waals surface area contributed by atoms with Gasteiger partial charge in [0.25, 0.3) is 5.91 Å². The molecule has 2 rings (SSSR count). The van der Waals surface area contributed by atoms with Crippen molar-refractivity contribution in [3.8, 4) is 17.6 Å². The number of hydrogen-bond acceptors (Lipinski definition) is 5. The van der Waals surface area contributed by atoms with Crippen LogP contribution in [0.4, 0.5) is 5.69 Å². The highest BCUT2D eigenvalue weighted by Gasteiger charge is 2.17. The van der Waals surface area contributed by atoms with Gasteiger partial charge in [-0.1, -0.05) is 0 Å². The summed E-state index contributed by atoms with van der Waals surface area (Å²) < 4.78 is 11.2. The molecule has 0 aliphatic carbocycles. The molecule has 6 heteroatoms. The predicted molar refractivity (Wildman–Crippen MR) is 97.5 cm³/mol. The van der Waals surface area contributed by atoms with Crippen molar-refractivity contribution >= 4 is 17.4 Å². The summed E-state index contributed by atoms with van der Waals surface area (Å²) in [7, 11) is 0. The van der Waals surface area contributed by atoms with Gasteiger partial charge in [0.15, 0.2) is 23.4 Å². The van der Waals surface area contributed by atoms with Crippen molar-refractivity contribution in [1.82, 2.24) is 0 Å². The normalized spacial score (nSPS) is 11.2. The Kier molecular flexibility index (Phi) is 6.34. The van der Waals surface area contributed by atoms with Crippen molar-refractivity contribution < 1.29 is 19.1 Å². The number of rotatable bonds is 7. The maximum absolute atomic E-state index is 12.3. The van der Waals surface area contributed by atoms with Gasteiger partial charge < -0.3 is 14.8 Å². The van der Waals surface area contributed by atoms with Crippen molar-refractivity contribution in [2.24, 2.45) is 0 Å². The number of carbonyl (C=O) groups excluding carboxylic acids is 2. The number of benzene rings is 2.